The topological polar surface area (TPSA) is 47.3 Å². The summed E-state index contributed by atoms with van der Waals surface area (Å²) in [7, 11) is 1.67. The lowest BCUT2D eigenvalue weighted by atomic mass is 10.2. The Kier molecular flexibility index (Phi) is 4.82. The molecule has 102 valence electrons. The fraction of sp³-hybridized carbons (Fsp3) is 0.333. The van der Waals surface area contributed by atoms with E-state index < -0.39 is 0 Å². The Morgan fingerprint density at radius 3 is 2.47 bits per heavy atom. The molecule has 4 heteroatoms. The first kappa shape index (κ1) is 13.9. The van der Waals surface area contributed by atoms with Crippen molar-refractivity contribution in [1.29, 1.82) is 0 Å². The van der Waals surface area contributed by atoms with Gasteiger partial charge < -0.3 is 15.8 Å². The van der Waals surface area contributed by atoms with E-state index in [1.54, 1.807) is 7.11 Å². The number of benzene rings is 1. The molecule has 19 heavy (non-hydrogen) atoms. The van der Waals surface area contributed by atoms with Crippen molar-refractivity contribution in [2.75, 3.05) is 19.0 Å². The summed E-state index contributed by atoms with van der Waals surface area (Å²) in [5, 5.41) is 3.46. The van der Waals surface area contributed by atoms with Gasteiger partial charge in [-0.05, 0) is 42.8 Å². The normalized spacial score (nSPS) is 12.2. The zero-order valence-electron chi connectivity index (χ0n) is 11.3. The Morgan fingerprint density at radius 1 is 1.21 bits per heavy atom. The van der Waals surface area contributed by atoms with E-state index in [2.05, 4.69) is 24.4 Å². The smallest absolute Gasteiger partial charge is 0.119 e. The minimum absolute atomic E-state index is 0.165. The number of hydrogen-bond acceptors (Lipinski definition) is 4. The van der Waals surface area contributed by atoms with Gasteiger partial charge in [-0.1, -0.05) is 6.92 Å². The molecule has 0 bridgehead atoms. The van der Waals surface area contributed by atoms with Gasteiger partial charge in [-0.25, -0.2) is 0 Å². The number of ether oxygens (including phenoxy) is 1. The highest BCUT2D eigenvalue weighted by Gasteiger charge is 2.11. The average molecular weight is 276 g/mol. The summed E-state index contributed by atoms with van der Waals surface area (Å²) in [6.45, 7) is 2.75. The highest BCUT2D eigenvalue weighted by molar-refractivity contribution is 7.12. The van der Waals surface area contributed by atoms with Crippen LogP contribution in [0.4, 0.5) is 5.69 Å². The Balaban J connectivity index is 2.09. The number of methoxy groups -OCH3 is 1. The molecule has 0 spiro atoms. The SMILES string of the molecule is CCc1ccc(C(CN)Nc2ccc(OC)cc2)s1. The van der Waals surface area contributed by atoms with Crippen LogP contribution in [0.1, 0.15) is 22.7 Å². The van der Waals surface area contributed by atoms with Crippen molar-refractivity contribution in [1.82, 2.24) is 0 Å². The molecule has 1 heterocycles. The highest BCUT2D eigenvalue weighted by atomic mass is 32.1. The second-order valence-electron chi connectivity index (χ2n) is 4.32. The number of rotatable bonds is 6. The summed E-state index contributed by atoms with van der Waals surface area (Å²) in [5.41, 5.74) is 6.94. The van der Waals surface area contributed by atoms with Gasteiger partial charge in [-0.3, -0.25) is 0 Å². The van der Waals surface area contributed by atoms with E-state index in [0.29, 0.717) is 6.54 Å². The molecule has 1 aromatic heterocycles. The zero-order valence-corrected chi connectivity index (χ0v) is 12.2. The number of hydrogen-bond donors (Lipinski definition) is 2. The second-order valence-corrected chi connectivity index (χ2v) is 5.52. The second kappa shape index (κ2) is 6.59. The Labute approximate surface area is 118 Å². The quantitative estimate of drug-likeness (QED) is 0.849. The average Bonchev–Trinajstić information content (AvgIpc) is 2.94. The van der Waals surface area contributed by atoms with E-state index in [9.17, 15) is 0 Å². The molecule has 0 saturated carbocycles. The number of aryl methyl sites for hydroxylation is 1. The summed E-state index contributed by atoms with van der Waals surface area (Å²) >= 11 is 1.83. The fourth-order valence-corrected chi connectivity index (χ4v) is 2.92. The van der Waals surface area contributed by atoms with Crippen molar-refractivity contribution >= 4 is 17.0 Å². The molecule has 0 aliphatic heterocycles. The van der Waals surface area contributed by atoms with Gasteiger partial charge in [0.1, 0.15) is 5.75 Å². The summed E-state index contributed by atoms with van der Waals surface area (Å²) < 4.78 is 5.15. The molecule has 3 nitrogen and oxygen atoms in total. The van der Waals surface area contributed by atoms with Crippen molar-refractivity contribution in [3.63, 3.8) is 0 Å². The van der Waals surface area contributed by atoms with Crippen molar-refractivity contribution in [2.45, 2.75) is 19.4 Å². The lowest BCUT2D eigenvalue weighted by molar-refractivity contribution is 0.415. The number of anilines is 1. The lowest BCUT2D eigenvalue weighted by Crippen LogP contribution is -2.19. The first-order valence-electron chi connectivity index (χ1n) is 6.46. The molecule has 1 unspecified atom stereocenters. The maximum absolute atomic E-state index is 5.88. The van der Waals surface area contributed by atoms with Gasteiger partial charge in [0.15, 0.2) is 0 Å². The summed E-state index contributed by atoms with van der Waals surface area (Å²) in [6, 6.07) is 12.4. The first-order chi connectivity index (χ1) is 9.26. The number of thiophene rings is 1. The molecule has 1 aromatic carbocycles. The molecular weight excluding hydrogens is 256 g/mol. The lowest BCUT2D eigenvalue weighted by Gasteiger charge is -2.17. The third kappa shape index (κ3) is 3.49. The van der Waals surface area contributed by atoms with Crippen LogP contribution in [0.15, 0.2) is 36.4 Å². The predicted molar refractivity (Wildman–Crippen MR) is 82.1 cm³/mol. The van der Waals surface area contributed by atoms with Crippen LogP contribution in [-0.4, -0.2) is 13.7 Å². The van der Waals surface area contributed by atoms with Crippen LogP contribution < -0.4 is 15.8 Å². The number of nitrogens with two attached hydrogens (primary N) is 1. The molecule has 0 aliphatic carbocycles. The van der Waals surface area contributed by atoms with Gasteiger partial charge in [0.25, 0.3) is 0 Å². The molecule has 0 saturated heterocycles. The predicted octanol–water partition coefficient (Wildman–Crippen LogP) is 3.43. The molecule has 0 amide bonds. The van der Waals surface area contributed by atoms with Gasteiger partial charge in [0.2, 0.25) is 0 Å². The van der Waals surface area contributed by atoms with Gasteiger partial charge in [0.05, 0.1) is 13.2 Å². The van der Waals surface area contributed by atoms with Crippen LogP contribution in [0.5, 0.6) is 5.75 Å². The van der Waals surface area contributed by atoms with Crippen molar-refractivity contribution in [2.24, 2.45) is 5.73 Å². The Hall–Kier alpha value is -1.52. The minimum Gasteiger partial charge on any atom is -0.497 e. The van der Waals surface area contributed by atoms with Crippen LogP contribution in [0, 0.1) is 0 Å². The van der Waals surface area contributed by atoms with Gasteiger partial charge in [-0.2, -0.15) is 0 Å². The van der Waals surface area contributed by atoms with Gasteiger partial charge in [0, 0.05) is 22.0 Å². The first-order valence-corrected chi connectivity index (χ1v) is 7.27. The van der Waals surface area contributed by atoms with Crippen LogP contribution >= 0.6 is 11.3 Å². The van der Waals surface area contributed by atoms with Crippen molar-refractivity contribution in [3.05, 3.63) is 46.2 Å². The summed E-state index contributed by atoms with van der Waals surface area (Å²) in [5.74, 6) is 0.860. The molecular formula is C15H20N2OS. The maximum Gasteiger partial charge on any atom is 0.119 e. The van der Waals surface area contributed by atoms with E-state index >= 15 is 0 Å². The molecule has 0 aliphatic rings. The summed E-state index contributed by atoms with van der Waals surface area (Å²) in [4.78, 5) is 2.68. The molecule has 3 N–H and O–H groups in total. The maximum atomic E-state index is 5.88. The van der Waals surface area contributed by atoms with E-state index in [-0.39, 0.29) is 6.04 Å². The third-order valence-electron chi connectivity index (χ3n) is 3.04. The number of nitrogens with one attached hydrogen (secondary N) is 1. The van der Waals surface area contributed by atoms with Gasteiger partial charge in [-0.15, -0.1) is 11.3 Å². The molecule has 0 fully saturated rings. The van der Waals surface area contributed by atoms with Crippen LogP contribution in [-0.2, 0) is 6.42 Å². The van der Waals surface area contributed by atoms with Crippen molar-refractivity contribution < 1.29 is 4.74 Å². The van der Waals surface area contributed by atoms with E-state index in [0.717, 1.165) is 17.9 Å². The monoisotopic (exact) mass is 276 g/mol. The summed E-state index contributed by atoms with van der Waals surface area (Å²) in [6.07, 6.45) is 1.07. The minimum atomic E-state index is 0.165. The highest BCUT2D eigenvalue weighted by Crippen LogP contribution is 2.27. The van der Waals surface area contributed by atoms with E-state index in [1.807, 2.05) is 35.6 Å². The standard InChI is InChI=1S/C15H20N2OS/c1-3-13-8-9-15(19-13)14(10-16)17-11-4-6-12(18-2)7-5-11/h4-9,14,17H,3,10,16H2,1-2H3. The molecule has 1 atom stereocenters. The Bertz CT molecular complexity index is 507. The Morgan fingerprint density at radius 2 is 1.95 bits per heavy atom. The van der Waals surface area contributed by atoms with Crippen LogP contribution in [0.25, 0.3) is 0 Å². The van der Waals surface area contributed by atoms with E-state index in [1.165, 1.54) is 9.75 Å². The fourth-order valence-electron chi connectivity index (χ4n) is 1.91. The van der Waals surface area contributed by atoms with Crippen LogP contribution in [0.2, 0.25) is 0 Å². The molecule has 2 rings (SSSR count). The van der Waals surface area contributed by atoms with Crippen LogP contribution in [0.3, 0.4) is 0 Å². The largest absolute Gasteiger partial charge is 0.497 e. The molecule has 0 radical (unpaired) electrons. The molecule has 2 aromatic rings. The zero-order chi connectivity index (χ0) is 13.7. The van der Waals surface area contributed by atoms with Crippen molar-refractivity contribution in [3.8, 4) is 5.75 Å². The van der Waals surface area contributed by atoms with Gasteiger partial charge >= 0.3 is 0 Å². The third-order valence-corrected chi connectivity index (χ3v) is 4.38. The van der Waals surface area contributed by atoms with E-state index in [4.69, 9.17) is 10.5 Å².